The molecule has 0 spiro atoms. The lowest BCUT2D eigenvalue weighted by Crippen LogP contribution is -2.15. The summed E-state index contributed by atoms with van der Waals surface area (Å²) >= 11 is 0. The summed E-state index contributed by atoms with van der Waals surface area (Å²) in [7, 11) is 0. The summed E-state index contributed by atoms with van der Waals surface area (Å²) in [5.41, 5.74) is -0.0571. The van der Waals surface area contributed by atoms with E-state index in [1.165, 1.54) is 0 Å². The summed E-state index contributed by atoms with van der Waals surface area (Å²) in [6.07, 6.45) is 5.61. The molecule has 1 aromatic carbocycles. The second-order valence-corrected chi connectivity index (χ2v) is 4.81. The van der Waals surface area contributed by atoms with E-state index in [-0.39, 0.29) is 17.3 Å². The van der Waals surface area contributed by atoms with E-state index in [4.69, 9.17) is 0 Å². The molecule has 4 heteroatoms. The van der Waals surface area contributed by atoms with Gasteiger partial charge in [0.15, 0.2) is 23.2 Å². The second kappa shape index (κ2) is 5.55. The lowest BCUT2D eigenvalue weighted by Gasteiger charge is -2.12. The smallest absolute Gasteiger partial charge is 0.194 e. The quantitative estimate of drug-likeness (QED) is 0.439. The van der Waals surface area contributed by atoms with E-state index in [0.717, 1.165) is 50.7 Å². The van der Waals surface area contributed by atoms with Crippen molar-refractivity contribution >= 4 is 5.78 Å². The fourth-order valence-corrected chi connectivity index (χ4v) is 2.48. The van der Waals surface area contributed by atoms with Crippen molar-refractivity contribution in [3.05, 3.63) is 35.1 Å². The number of halogens is 3. The molecule has 0 saturated heterocycles. The van der Waals surface area contributed by atoms with Crippen molar-refractivity contribution in [2.24, 2.45) is 5.92 Å². The molecule has 1 fully saturated rings. The Labute approximate surface area is 104 Å². The van der Waals surface area contributed by atoms with E-state index in [0.29, 0.717) is 0 Å². The minimum Gasteiger partial charge on any atom is -0.294 e. The van der Waals surface area contributed by atoms with Crippen LogP contribution in [0.1, 0.15) is 48.9 Å². The van der Waals surface area contributed by atoms with Crippen molar-refractivity contribution in [3.8, 4) is 0 Å². The zero-order chi connectivity index (χ0) is 13.1. The van der Waals surface area contributed by atoms with Gasteiger partial charge in [-0.05, 0) is 25.0 Å². The topological polar surface area (TPSA) is 17.1 Å². The zero-order valence-electron chi connectivity index (χ0n) is 10.0. The summed E-state index contributed by atoms with van der Waals surface area (Å²) < 4.78 is 39.0. The maximum atomic E-state index is 13.1. The van der Waals surface area contributed by atoms with Crippen LogP contribution in [-0.2, 0) is 0 Å². The molecule has 1 saturated carbocycles. The van der Waals surface area contributed by atoms with Gasteiger partial charge in [-0.3, -0.25) is 4.79 Å². The minimum atomic E-state index is -1.52. The summed E-state index contributed by atoms with van der Waals surface area (Å²) in [4.78, 5) is 12.1. The maximum absolute atomic E-state index is 13.1. The van der Waals surface area contributed by atoms with Crippen LogP contribution in [0, 0.1) is 23.4 Å². The van der Waals surface area contributed by atoms with Crippen LogP contribution in [0.2, 0.25) is 0 Å². The highest BCUT2D eigenvalue weighted by molar-refractivity contribution is 5.97. The highest BCUT2D eigenvalue weighted by atomic mass is 19.2. The van der Waals surface area contributed by atoms with Gasteiger partial charge >= 0.3 is 0 Å². The molecule has 0 aliphatic heterocycles. The molecule has 18 heavy (non-hydrogen) atoms. The largest absolute Gasteiger partial charge is 0.294 e. The molecular formula is C14H15F3O. The van der Waals surface area contributed by atoms with Gasteiger partial charge in [0.1, 0.15) is 0 Å². The van der Waals surface area contributed by atoms with E-state index >= 15 is 0 Å². The lowest BCUT2D eigenvalue weighted by atomic mass is 9.91. The Morgan fingerprint density at radius 3 is 1.94 bits per heavy atom. The molecule has 0 unspecified atom stereocenters. The minimum absolute atomic E-state index is 0.0571. The molecule has 0 aromatic heterocycles. The molecule has 1 nitrogen and oxygen atoms in total. The van der Waals surface area contributed by atoms with Crippen molar-refractivity contribution in [1.29, 1.82) is 0 Å². The van der Waals surface area contributed by atoms with Gasteiger partial charge in [-0.2, -0.15) is 0 Å². The number of hydrogen-bond donors (Lipinski definition) is 0. The predicted octanol–water partition coefficient (Wildman–Crippen LogP) is 4.26. The van der Waals surface area contributed by atoms with Gasteiger partial charge in [-0.1, -0.05) is 25.7 Å². The van der Waals surface area contributed by atoms with Gasteiger partial charge < -0.3 is 0 Å². The number of carbonyl (C=O) groups is 1. The molecule has 0 bridgehead atoms. The van der Waals surface area contributed by atoms with Gasteiger partial charge in [0.05, 0.1) is 0 Å². The highest BCUT2D eigenvalue weighted by Gasteiger charge is 2.23. The van der Waals surface area contributed by atoms with E-state index in [2.05, 4.69) is 0 Å². The molecule has 0 radical (unpaired) electrons. The third-order valence-corrected chi connectivity index (χ3v) is 3.49. The van der Waals surface area contributed by atoms with Gasteiger partial charge in [0.25, 0.3) is 0 Å². The first-order valence-electron chi connectivity index (χ1n) is 6.28. The summed E-state index contributed by atoms with van der Waals surface area (Å²) in [5, 5.41) is 0. The van der Waals surface area contributed by atoms with Crippen LogP contribution in [0.25, 0.3) is 0 Å². The van der Waals surface area contributed by atoms with Crippen LogP contribution >= 0.6 is 0 Å². The van der Waals surface area contributed by atoms with Crippen molar-refractivity contribution < 1.29 is 18.0 Å². The number of benzene rings is 1. The van der Waals surface area contributed by atoms with Crippen LogP contribution in [0.4, 0.5) is 13.2 Å². The molecule has 0 heterocycles. The lowest BCUT2D eigenvalue weighted by molar-refractivity contribution is 0.0906. The first kappa shape index (κ1) is 13.1. The molecule has 0 N–H and O–H groups in total. The number of rotatable bonds is 2. The summed E-state index contributed by atoms with van der Waals surface area (Å²) in [5.74, 6) is -4.57. The van der Waals surface area contributed by atoms with E-state index in [1.54, 1.807) is 0 Å². The Morgan fingerprint density at radius 1 is 0.944 bits per heavy atom. The third-order valence-electron chi connectivity index (χ3n) is 3.49. The molecule has 1 aliphatic rings. The van der Waals surface area contributed by atoms with Crippen LogP contribution in [0.3, 0.4) is 0 Å². The standard InChI is InChI=1S/C14H15F3O/c15-11-7-10(8-12(16)13(11)17)14(18)9-5-3-1-2-4-6-9/h7-9H,1-6H2. The number of Topliss-reactive ketones (excluding diaryl/α,β-unsaturated/α-hetero) is 1. The molecule has 98 valence electrons. The molecule has 0 amide bonds. The van der Waals surface area contributed by atoms with Gasteiger partial charge in [-0.15, -0.1) is 0 Å². The average molecular weight is 256 g/mol. The van der Waals surface area contributed by atoms with Gasteiger partial charge in [-0.25, -0.2) is 13.2 Å². The van der Waals surface area contributed by atoms with Crippen LogP contribution in [0.15, 0.2) is 12.1 Å². The second-order valence-electron chi connectivity index (χ2n) is 4.81. The Hall–Kier alpha value is -1.32. The number of ketones is 1. The van der Waals surface area contributed by atoms with E-state index in [1.807, 2.05) is 0 Å². The fourth-order valence-electron chi connectivity index (χ4n) is 2.48. The Morgan fingerprint density at radius 2 is 1.44 bits per heavy atom. The van der Waals surface area contributed by atoms with E-state index in [9.17, 15) is 18.0 Å². The van der Waals surface area contributed by atoms with Gasteiger partial charge in [0.2, 0.25) is 0 Å². The van der Waals surface area contributed by atoms with Crippen LogP contribution in [-0.4, -0.2) is 5.78 Å². The average Bonchev–Trinajstić information content (AvgIpc) is 2.63. The van der Waals surface area contributed by atoms with Crippen molar-refractivity contribution in [3.63, 3.8) is 0 Å². The Balaban J connectivity index is 2.22. The fraction of sp³-hybridized carbons (Fsp3) is 0.500. The molecule has 1 aliphatic carbocycles. The Bertz CT molecular complexity index is 425. The van der Waals surface area contributed by atoms with Crippen molar-refractivity contribution in [2.45, 2.75) is 38.5 Å². The number of hydrogen-bond acceptors (Lipinski definition) is 1. The maximum Gasteiger partial charge on any atom is 0.194 e. The zero-order valence-corrected chi connectivity index (χ0v) is 10.0. The third kappa shape index (κ3) is 2.74. The summed E-state index contributed by atoms with van der Waals surface area (Å²) in [6.45, 7) is 0. The van der Waals surface area contributed by atoms with Crippen LogP contribution < -0.4 is 0 Å². The SMILES string of the molecule is O=C(c1cc(F)c(F)c(F)c1)C1CCCCCC1. The Kier molecular flexibility index (Phi) is 4.04. The van der Waals surface area contributed by atoms with E-state index < -0.39 is 17.5 Å². The first-order valence-corrected chi connectivity index (χ1v) is 6.28. The molecule has 1 aromatic rings. The highest BCUT2D eigenvalue weighted by Crippen LogP contribution is 2.27. The van der Waals surface area contributed by atoms with Crippen LogP contribution in [0.5, 0.6) is 0 Å². The normalized spacial score (nSPS) is 17.5. The predicted molar refractivity (Wildman–Crippen MR) is 61.8 cm³/mol. The monoisotopic (exact) mass is 256 g/mol. The first-order chi connectivity index (χ1) is 8.59. The van der Waals surface area contributed by atoms with Gasteiger partial charge in [0, 0.05) is 11.5 Å². The molecule has 2 rings (SSSR count). The van der Waals surface area contributed by atoms with Crippen molar-refractivity contribution in [1.82, 2.24) is 0 Å². The molecule has 0 atom stereocenters. The number of carbonyl (C=O) groups excluding carboxylic acids is 1. The molecular weight excluding hydrogens is 241 g/mol. The van der Waals surface area contributed by atoms with Crippen molar-refractivity contribution in [2.75, 3.05) is 0 Å². The summed E-state index contributed by atoms with van der Waals surface area (Å²) in [6, 6.07) is 1.59.